The van der Waals surface area contributed by atoms with E-state index < -0.39 is 5.38 Å². The Bertz CT molecular complexity index is 295. The van der Waals surface area contributed by atoms with Gasteiger partial charge in [-0.2, -0.15) is 0 Å². The van der Waals surface area contributed by atoms with E-state index in [2.05, 4.69) is 10.3 Å². The predicted molar refractivity (Wildman–Crippen MR) is 52.9 cm³/mol. The Morgan fingerprint density at radius 3 is 2.77 bits per heavy atom. The third-order valence-corrected chi connectivity index (χ3v) is 1.74. The molecule has 1 heterocycles. The number of carbonyl (C=O) groups excluding carboxylic acids is 1. The van der Waals surface area contributed by atoms with Gasteiger partial charge in [0.1, 0.15) is 5.38 Å². The van der Waals surface area contributed by atoms with Crippen LogP contribution in [-0.4, -0.2) is 16.3 Å². The first-order valence-electron chi connectivity index (χ1n) is 3.97. The summed E-state index contributed by atoms with van der Waals surface area (Å²) in [5, 5.41) is 2.11. The van der Waals surface area contributed by atoms with E-state index in [1.165, 1.54) is 0 Å². The highest BCUT2D eigenvalue weighted by atomic mass is 35.5. The summed E-state index contributed by atoms with van der Waals surface area (Å²) in [5.41, 5.74) is 1.58. The lowest BCUT2D eigenvalue weighted by molar-refractivity contribution is -0.115. The van der Waals surface area contributed by atoms with Crippen LogP contribution in [0, 0.1) is 6.92 Å². The van der Waals surface area contributed by atoms with Crippen molar-refractivity contribution < 1.29 is 4.79 Å². The maximum absolute atomic E-state index is 11.1. The van der Waals surface area contributed by atoms with Gasteiger partial charge < -0.3 is 5.32 Å². The number of pyridine rings is 1. The van der Waals surface area contributed by atoms with Gasteiger partial charge in [-0.05, 0) is 26.0 Å². The molecule has 1 atom stereocenters. The first-order valence-corrected chi connectivity index (χ1v) is 4.41. The highest BCUT2D eigenvalue weighted by Gasteiger charge is 2.08. The van der Waals surface area contributed by atoms with Crippen LogP contribution in [0.2, 0.25) is 0 Å². The number of amides is 1. The number of nitrogens with zero attached hydrogens (tertiary/aromatic N) is 1. The second-order valence-electron chi connectivity index (χ2n) is 2.79. The van der Waals surface area contributed by atoms with Crippen LogP contribution in [0.5, 0.6) is 0 Å². The third-order valence-electron chi connectivity index (χ3n) is 1.54. The van der Waals surface area contributed by atoms with Crippen LogP contribution in [0.1, 0.15) is 12.6 Å². The zero-order chi connectivity index (χ0) is 9.84. The van der Waals surface area contributed by atoms with Crippen molar-refractivity contribution in [3.05, 3.63) is 24.0 Å². The fourth-order valence-corrected chi connectivity index (χ4v) is 0.838. The highest BCUT2D eigenvalue weighted by Crippen LogP contribution is 2.07. The summed E-state index contributed by atoms with van der Waals surface area (Å²) >= 11 is 5.58. The van der Waals surface area contributed by atoms with E-state index in [-0.39, 0.29) is 5.91 Å². The van der Waals surface area contributed by atoms with Gasteiger partial charge in [-0.15, -0.1) is 11.6 Å². The normalized spacial score (nSPS) is 12.2. The highest BCUT2D eigenvalue weighted by molar-refractivity contribution is 6.32. The van der Waals surface area contributed by atoms with Crippen LogP contribution >= 0.6 is 11.6 Å². The quantitative estimate of drug-likeness (QED) is 0.739. The van der Waals surface area contributed by atoms with Crippen LogP contribution in [0.3, 0.4) is 0 Å². The Kier molecular flexibility index (Phi) is 3.25. The molecule has 0 spiro atoms. The Hall–Kier alpha value is -1.09. The van der Waals surface area contributed by atoms with E-state index in [9.17, 15) is 4.79 Å². The number of aromatic nitrogens is 1. The van der Waals surface area contributed by atoms with Crippen LogP contribution in [0.15, 0.2) is 18.3 Å². The predicted octanol–water partition coefficient (Wildman–Crippen LogP) is 1.96. The van der Waals surface area contributed by atoms with Crippen LogP contribution in [0.4, 0.5) is 5.69 Å². The zero-order valence-electron chi connectivity index (χ0n) is 7.54. The first kappa shape index (κ1) is 9.99. The Balaban J connectivity index is 2.65. The maximum atomic E-state index is 11.1. The lowest BCUT2D eigenvalue weighted by Crippen LogP contribution is -2.20. The van der Waals surface area contributed by atoms with Crippen molar-refractivity contribution in [3.8, 4) is 0 Å². The van der Waals surface area contributed by atoms with Gasteiger partial charge in [0.2, 0.25) is 5.91 Å². The first-order chi connectivity index (χ1) is 6.09. The molecule has 1 rings (SSSR count). The summed E-state index contributed by atoms with van der Waals surface area (Å²) in [4.78, 5) is 15.2. The molecule has 13 heavy (non-hydrogen) atoms. The Labute approximate surface area is 82.1 Å². The van der Waals surface area contributed by atoms with Gasteiger partial charge in [0, 0.05) is 5.69 Å². The average molecular weight is 199 g/mol. The number of halogens is 1. The Morgan fingerprint density at radius 2 is 2.31 bits per heavy atom. The summed E-state index contributed by atoms with van der Waals surface area (Å²) in [6, 6.07) is 3.62. The van der Waals surface area contributed by atoms with Gasteiger partial charge in [0.15, 0.2) is 0 Å². The molecule has 70 valence electrons. The summed E-state index contributed by atoms with van der Waals surface area (Å²) in [5.74, 6) is -0.215. The molecule has 1 amide bonds. The number of hydrogen-bond acceptors (Lipinski definition) is 2. The Morgan fingerprint density at radius 1 is 1.62 bits per heavy atom. The number of rotatable bonds is 2. The number of anilines is 1. The minimum atomic E-state index is -0.527. The monoisotopic (exact) mass is 198 g/mol. The van der Waals surface area contributed by atoms with Gasteiger partial charge in [-0.3, -0.25) is 9.78 Å². The molecule has 0 saturated heterocycles. The number of hydrogen-bond donors (Lipinski definition) is 1. The molecule has 1 aromatic heterocycles. The molecular weight excluding hydrogens is 188 g/mol. The number of aryl methyl sites for hydroxylation is 1. The molecule has 3 nitrogen and oxygen atoms in total. The number of carbonyl (C=O) groups is 1. The zero-order valence-corrected chi connectivity index (χ0v) is 8.30. The topological polar surface area (TPSA) is 42.0 Å². The molecule has 0 aliphatic heterocycles. The van der Waals surface area contributed by atoms with Gasteiger partial charge in [0.25, 0.3) is 0 Å². The van der Waals surface area contributed by atoms with Gasteiger partial charge in [-0.25, -0.2) is 0 Å². The maximum Gasteiger partial charge on any atom is 0.242 e. The molecule has 0 aliphatic rings. The summed E-state index contributed by atoms with van der Waals surface area (Å²) in [6.45, 7) is 3.51. The summed E-state index contributed by atoms with van der Waals surface area (Å²) in [6.07, 6.45) is 1.60. The molecule has 0 saturated carbocycles. The summed E-state index contributed by atoms with van der Waals surface area (Å²) in [7, 11) is 0. The van der Waals surface area contributed by atoms with E-state index in [1.54, 1.807) is 19.2 Å². The van der Waals surface area contributed by atoms with Crippen molar-refractivity contribution in [1.82, 2.24) is 4.98 Å². The van der Waals surface area contributed by atoms with Crippen LogP contribution < -0.4 is 5.32 Å². The van der Waals surface area contributed by atoms with Crippen molar-refractivity contribution in [3.63, 3.8) is 0 Å². The molecule has 0 radical (unpaired) electrons. The third kappa shape index (κ3) is 3.03. The minimum absolute atomic E-state index is 0.215. The van der Waals surface area contributed by atoms with Crippen molar-refractivity contribution in [2.24, 2.45) is 0 Å². The number of nitrogens with one attached hydrogen (secondary N) is 1. The second kappa shape index (κ2) is 4.23. The standard InChI is InChI=1S/C9H11ClN2O/c1-6-3-4-8(5-11-6)12-9(13)7(2)10/h3-5,7H,1-2H3,(H,12,13). The second-order valence-corrected chi connectivity index (χ2v) is 3.45. The lowest BCUT2D eigenvalue weighted by atomic mass is 10.3. The van der Waals surface area contributed by atoms with Crippen LogP contribution in [0.25, 0.3) is 0 Å². The molecule has 4 heteroatoms. The fourth-order valence-electron chi connectivity index (χ4n) is 0.783. The van der Waals surface area contributed by atoms with E-state index >= 15 is 0 Å². The minimum Gasteiger partial charge on any atom is -0.323 e. The van der Waals surface area contributed by atoms with E-state index in [0.29, 0.717) is 5.69 Å². The summed E-state index contributed by atoms with van der Waals surface area (Å²) < 4.78 is 0. The van der Waals surface area contributed by atoms with Crippen molar-refractivity contribution in [2.75, 3.05) is 5.32 Å². The van der Waals surface area contributed by atoms with Gasteiger partial charge >= 0.3 is 0 Å². The van der Waals surface area contributed by atoms with Crippen molar-refractivity contribution in [2.45, 2.75) is 19.2 Å². The molecule has 1 N–H and O–H groups in total. The van der Waals surface area contributed by atoms with Gasteiger partial charge in [0.05, 0.1) is 11.9 Å². The molecule has 0 aliphatic carbocycles. The van der Waals surface area contributed by atoms with E-state index in [1.807, 2.05) is 13.0 Å². The van der Waals surface area contributed by atoms with Crippen molar-refractivity contribution >= 4 is 23.2 Å². The van der Waals surface area contributed by atoms with E-state index in [0.717, 1.165) is 5.69 Å². The molecular formula is C9H11ClN2O. The van der Waals surface area contributed by atoms with Crippen LogP contribution in [-0.2, 0) is 4.79 Å². The number of alkyl halides is 1. The fraction of sp³-hybridized carbons (Fsp3) is 0.333. The molecule has 0 fully saturated rings. The van der Waals surface area contributed by atoms with E-state index in [4.69, 9.17) is 11.6 Å². The van der Waals surface area contributed by atoms with Gasteiger partial charge in [-0.1, -0.05) is 0 Å². The molecule has 1 aromatic rings. The van der Waals surface area contributed by atoms with Crippen molar-refractivity contribution in [1.29, 1.82) is 0 Å². The smallest absolute Gasteiger partial charge is 0.242 e. The molecule has 0 bridgehead atoms. The largest absolute Gasteiger partial charge is 0.323 e. The molecule has 0 aromatic carbocycles. The lowest BCUT2D eigenvalue weighted by Gasteiger charge is -2.05. The average Bonchev–Trinajstić information content (AvgIpc) is 2.08. The SMILES string of the molecule is Cc1ccc(NC(=O)C(C)Cl)cn1. The molecule has 1 unspecified atom stereocenters.